The molecular weight excluding hydrogens is 650 g/mol. The van der Waals surface area contributed by atoms with Gasteiger partial charge in [-0.05, 0) is 18.8 Å². The molecule has 1 fully saturated rings. The van der Waals surface area contributed by atoms with Gasteiger partial charge in [0.05, 0.1) is 25.4 Å². The SMILES string of the molecule is CCCCCCCCCCCCCCCCCC(=O)N[C@@H](CO[C@@H]1O[C@H](CO)[C@H](O)[C@H](O)[C@H]1O)[C@H](O)[C@H](O)CCCCCCCCCCC(C)C. The summed E-state index contributed by atoms with van der Waals surface area (Å²) in [5.41, 5.74) is 0. The molecule has 0 bridgehead atoms. The van der Waals surface area contributed by atoms with Crippen molar-refractivity contribution in [3.8, 4) is 0 Å². The number of hydrogen-bond donors (Lipinski definition) is 7. The van der Waals surface area contributed by atoms with Gasteiger partial charge in [0, 0.05) is 6.42 Å². The Morgan fingerprint density at radius 1 is 0.647 bits per heavy atom. The van der Waals surface area contributed by atoms with Crippen LogP contribution >= 0.6 is 0 Å². The lowest BCUT2D eigenvalue weighted by molar-refractivity contribution is -0.303. The van der Waals surface area contributed by atoms with E-state index in [0.29, 0.717) is 6.42 Å². The second-order valence-electron chi connectivity index (χ2n) is 15.8. The van der Waals surface area contributed by atoms with Crippen molar-refractivity contribution in [1.29, 1.82) is 0 Å². The highest BCUT2D eigenvalue weighted by atomic mass is 16.7. The zero-order valence-corrected chi connectivity index (χ0v) is 32.9. The molecule has 304 valence electrons. The molecule has 7 N–H and O–H groups in total. The first-order valence-electron chi connectivity index (χ1n) is 21.2. The number of unbranched alkanes of at least 4 members (excludes halogenated alkanes) is 21. The van der Waals surface area contributed by atoms with Gasteiger partial charge in [0.2, 0.25) is 5.91 Å². The minimum Gasteiger partial charge on any atom is -0.394 e. The first-order valence-corrected chi connectivity index (χ1v) is 21.2. The number of aliphatic hydroxyl groups excluding tert-OH is 6. The maximum Gasteiger partial charge on any atom is 0.220 e. The molecule has 51 heavy (non-hydrogen) atoms. The lowest BCUT2D eigenvalue weighted by Crippen LogP contribution is -2.60. The Morgan fingerprint density at radius 3 is 1.57 bits per heavy atom. The van der Waals surface area contributed by atoms with E-state index >= 15 is 0 Å². The van der Waals surface area contributed by atoms with Crippen LogP contribution in [0.3, 0.4) is 0 Å². The van der Waals surface area contributed by atoms with Crippen molar-refractivity contribution in [2.75, 3.05) is 13.2 Å². The molecule has 0 aromatic rings. The van der Waals surface area contributed by atoms with E-state index < -0.39 is 55.6 Å². The lowest BCUT2D eigenvalue weighted by atomic mass is 9.98. The van der Waals surface area contributed by atoms with Crippen molar-refractivity contribution in [2.45, 2.75) is 237 Å². The molecule has 0 aromatic heterocycles. The number of amides is 1. The van der Waals surface area contributed by atoms with E-state index in [2.05, 4.69) is 26.1 Å². The van der Waals surface area contributed by atoms with Crippen molar-refractivity contribution in [1.82, 2.24) is 5.32 Å². The van der Waals surface area contributed by atoms with Crippen LogP contribution in [0.5, 0.6) is 0 Å². The largest absolute Gasteiger partial charge is 0.394 e. The van der Waals surface area contributed by atoms with Crippen molar-refractivity contribution in [2.24, 2.45) is 5.92 Å². The van der Waals surface area contributed by atoms with Crippen LogP contribution in [0.2, 0.25) is 0 Å². The molecule has 1 aliphatic rings. The predicted octanol–water partition coefficient (Wildman–Crippen LogP) is 6.83. The molecule has 1 aliphatic heterocycles. The Labute approximate surface area is 311 Å². The van der Waals surface area contributed by atoms with Crippen LogP contribution in [0.15, 0.2) is 0 Å². The van der Waals surface area contributed by atoms with Gasteiger partial charge in [0.25, 0.3) is 0 Å². The number of rotatable bonds is 34. The summed E-state index contributed by atoms with van der Waals surface area (Å²) in [6.07, 6.45) is 19.8. The molecule has 1 saturated heterocycles. The van der Waals surface area contributed by atoms with Crippen molar-refractivity contribution in [3.05, 3.63) is 0 Å². The monoisotopic (exact) mass is 732 g/mol. The third kappa shape index (κ3) is 23.5. The third-order valence-electron chi connectivity index (χ3n) is 10.5. The highest BCUT2D eigenvalue weighted by molar-refractivity contribution is 5.76. The molecule has 0 saturated carbocycles. The first-order chi connectivity index (χ1) is 24.6. The van der Waals surface area contributed by atoms with Crippen LogP contribution < -0.4 is 5.32 Å². The molecule has 0 unspecified atom stereocenters. The third-order valence-corrected chi connectivity index (χ3v) is 10.5. The van der Waals surface area contributed by atoms with Gasteiger partial charge in [-0.3, -0.25) is 4.79 Å². The van der Waals surface area contributed by atoms with Crippen LogP contribution in [0.4, 0.5) is 0 Å². The first kappa shape index (κ1) is 48.2. The number of carbonyl (C=O) groups excluding carboxylic acids is 1. The molecular formula is C41H81NO9. The summed E-state index contributed by atoms with van der Waals surface area (Å²) in [5, 5.41) is 64.9. The predicted molar refractivity (Wildman–Crippen MR) is 204 cm³/mol. The number of nitrogens with one attached hydrogen (secondary N) is 1. The Hall–Kier alpha value is -0.850. The molecule has 0 aliphatic carbocycles. The van der Waals surface area contributed by atoms with Crippen molar-refractivity contribution in [3.63, 3.8) is 0 Å². The number of carbonyl (C=O) groups is 1. The molecule has 1 rings (SSSR count). The normalized spacial score (nSPS) is 22.7. The molecule has 0 spiro atoms. The maximum absolute atomic E-state index is 12.9. The van der Waals surface area contributed by atoms with Gasteiger partial charge in [-0.2, -0.15) is 0 Å². The van der Waals surface area contributed by atoms with E-state index in [0.717, 1.165) is 57.3 Å². The summed E-state index contributed by atoms with van der Waals surface area (Å²) in [4.78, 5) is 12.9. The fourth-order valence-electron chi connectivity index (χ4n) is 6.97. The summed E-state index contributed by atoms with van der Waals surface area (Å²) in [6, 6.07) is -0.984. The van der Waals surface area contributed by atoms with E-state index in [9.17, 15) is 35.4 Å². The Balaban J connectivity index is 2.43. The maximum atomic E-state index is 12.9. The minimum atomic E-state index is -1.60. The second kappa shape index (κ2) is 31.5. The zero-order valence-electron chi connectivity index (χ0n) is 32.9. The van der Waals surface area contributed by atoms with Gasteiger partial charge in [-0.15, -0.1) is 0 Å². The topological polar surface area (TPSA) is 169 Å². The summed E-state index contributed by atoms with van der Waals surface area (Å²) in [7, 11) is 0. The Morgan fingerprint density at radius 2 is 1.10 bits per heavy atom. The fraction of sp³-hybridized carbons (Fsp3) is 0.976. The summed E-state index contributed by atoms with van der Waals surface area (Å²) in [6.45, 7) is 5.88. The molecule has 8 atom stereocenters. The van der Waals surface area contributed by atoms with E-state index in [1.54, 1.807) is 0 Å². The van der Waals surface area contributed by atoms with Gasteiger partial charge in [0.15, 0.2) is 6.29 Å². The van der Waals surface area contributed by atoms with Crippen molar-refractivity contribution < 1.29 is 44.9 Å². The summed E-state index contributed by atoms with van der Waals surface area (Å²) in [5.74, 6) is 0.504. The van der Waals surface area contributed by atoms with E-state index in [1.807, 2.05) is 0 Å². The van der Waals surface area contributed by atoms with Crippen LogP contribution in [-0.2, 0) is 14.3 Å². The Kier molecular flexibility index (Phi) is 29.7. The van der Waals surface area contributed by atoms with Crippen LogP contribution in [0, 0.1) is 5.92 Å². The molecule has 0 aromatic carbocycles. The van der Waals surface area contributed by atoms with Gasteiger partial charge >= 0.3 is 0 Å². The van der Waals surface area contributed by atoms with E-state index in [-0.39, 0.29) is 18.9 Å². The minimum absolute atomic E-state index is 0.258. The zero-order chi connectivity index (χ0) is 37.7. The molecule has 10 nitrogen and oxygen atoms in total. The smallest absolute Gasteiger partial charge is 0.220 e. The van der Waals surface area contributed by atoms with Gasteiger partial charge < -0.3 is 45.4 Å². The second-order valence-corrected chi connectivity index (χ2v) is 15.8. The Bertz CT molecular complexity index is 801. The summed E-state index contributed by atoms with van der Waals surface area (Å²) < 4.78 is 11.1. The van der Waals surface area contributed by atoms with Gasteiger partial charge in [-0.25, -0.2) is 0 Å². The van der Waals surface area contributed by atoms with Crippen LogP contribution in [-0.4, -0.2) is 98.7 Å². The van der Waals surface area contributed by atoms with Crippen LogP contribution in [0.25, 0.3) is 0 Å². The highest BCUT2D eigenvalue weighted by Gasteiger charge is 2.44. The molecule has 1 amide bonds. The van der Waals surface area contributed by atoms with Crippen molar-refractivity contribution >= 4 is 5.91 Å². The summed E-state index contributed by atoms with van der Waals surface area (Å²) >= 11 is 0. The molecule has 1 heterocycles. The van der Waals surface area contributed by atoms with E-state index in [1.165, 1.54) is 103 Å². The average molecular weight is 732 g/mol. The number of aliphatic hydroxyl groups is 6. The fourth-order valence-corrected chi connectivity index (χ4v) is 6.97. The number of ether oxygens (including phenoxy) is 2. The standard InChI is InChI=1S/C41H81NO9/c1-4-5-6-7-8-9-10-11-12-13-14-15-20-23-26-29-36(45)42-33(31-50-41-40(49)39(48)38(47)35(30-43)51-41)37(46)34(44)28-25-22-19-17-16-18-21-24-27-32(2)3/h32-35,37-41,43-44,46-49H,4-31H2,1-3H3,(H,42,45)/t33-,34+,35+,37-,38-,39-,40+,41+/m0/s1. The lowest BCUT2D eigenvalue weighted by Gasteiger charge is -2.40. The van der Waals surface area contributed by atoms with Gasteiger partial charge in [0.1, 0.15) is 30.5 Å². The number of hydrogen-bond acceptors (Lipinski definition) is 9. The quantitative estimate of drug-likeness (QED) is 0.0351. The molecule has 0 radical (unpaired) electrons. The highest BCUT2D eigenvalue weighted by Crippen LogP contribution is 2.23. The average Bonchev–Trinajstić information content (AvgIpc) is 3.11. The van der Waals surface area contributed by atoms with Crippen LogP contribution in [0.1, 0.15) is 188 Å². The van der Waals surface area contributed by atoms with Gasteiger partial charge in [-0.1, -0.05) is 168 Å². The molecule has 10 heteroatoms. The van der Waals surface area contributed by atoms with E-state index in [4.69, 9.17) is 9.47 Å².